The van der Waals surface area contributed by atoms with Crippen molar-refractivity contribution in [3.8, 4) is 33.6 Å². The van der Waals surface area contributed by atoms with Crippen LogP contribution in [0.5, 0.6) is 0 Å². The molecule has 0 bridgehead atoms. The maximum atomic E-state index is 2.55. The van der Waals surface area contributed by atoms with Gasteiger partial charge in [-0.05, 0) is 102 Å². The summed E-state index contributed by atoms with van der Waals surface area (Å²) in [5.41, 5.74) is 12.0. The van der Waals surface area contributed by atoms with Gasteiger partial charge in [0.25, 0.3) is 0 Å². The van der Waals surface area contributed by atoms with Crippen LogP contribution < -0.4 is 0 Å². The highest BCUT2D eigenvalue weighted by Crippen LogP contribution is 2.45. The summed E-state index contributed by atoms with van der Waals surface area (Å²) in [6.07, 6.45) is 0. The maximum absolute atomic E-state index is 2.55. The smallest absolute Gasteiger partial charge is 0.0562 e. The number of hydrogen-bond acceptors (Lipinski definition) is 0. The van der Waals surface area contributed by atoms with E-state index in [1.54, 1.807) is 0 Å². The molecule has 0 aliphatic rings. The van der Waals surface area contributed by atoms with Gasteiger partial charge >= 0.3 is 0 Å². The zero-order valence-corrected chi connectivity index (χ0v) is 32.7. The summed E-state index contributed by atoms with van der Waals surface area (Å²) in [5.74, 6) is 0. The second-order valence-electron chi connectivity index (χ2n) is 16.0. The lowest BCUT2D eigenvalue weighted by Gasteiger charge is -2.17. The van der Waals surface area contributed by atoms with Crippen molar-refractivity contribution in [1.29, 1.82) is 0 Å². The fraction of sp³-hybridized carbons (Fsp3) is 0. The fourth-order valence-corrected chi connectivity index (χ4v) is 10.2. The number of benzene rings is 11. The Balaban J connectivity index is 1.14. The molecule has 0 saturated heterocycles. The molecule has 2 heterocycles. The topological polar surface area (TPSA) is 9.86 Å². The van der Waals surface area contributed by atoms with E-state index >= 15 is 0 Å². The van der Waals surface area contributed by atoms with Crippen LogP contribution in [0.4, 0.5) is 0 Å². The first-order valence-electron chi connectivity index (χ1n) is 20.8. The lowest BCUT2D eigenvalue weighted by Crippen LogP contribution is -1.98. The van der Waals surface area contributed by atoms with Crippen molar-refractivity contribution < 1.29 is 0 Å². The molecular weight excluding hydrogens is 725 g/mol. The average molecular weight is 761 g/mol. The van der Waals surface area contributed by atoms with Gasteiger partial charge in [0.05, 0.1) is 27.8 Å². The van der Waals surface area contributed by atoms with Gasteiger partial charge in [0, 0.05) is 32.6 Å². The van der Waals surface area contributed by atoms with Crippen LogP contribution in [-0.4, -0.2) is 9.13 Å². The SMILES string of the molecule is c1ccc(-c2ccc(-n3c4cc5c(cc4c4c6ccccc6ccc43)c3ccccc3n5-c3ccc(-c4cccc5ccccc45)cc3)c3c2ccc2ccccc23)cc1. The summed E-state index contributed by atoms with van der Waals surface area (Å²) in [6, 6.07) is 80.6. The minimum absolute atomic E-state index is 1.14. The molecule has 0 radical (unpaired) electrons. The van der Waals surface area contributed by atoms with Gasteiger partial charge in [-0.25, -0.2) is 0 Å². The Hall–Kier alpha value is -7.94. The molecule has 0 spiro atoms. The third-order valence-electron chi connectivity index (χ3n) is 12.9. The predicted molar refractivity (Wildman–Crippen MR) is 256 cm³/mol. The van der Waals surface area contributed by atoms with E-state index < -0.39 is 0 Å². The van der Waals surface area contributed by atoms with Crippen LogP contribution in [0.1, 0.15) is 0 Å². The van der Waals surface area contributed by atoms with Gasteiger partial charge in [0.1, 0.15) is 0 Å². The van der Waals surface area contributed by atoms with Crippen molar-refractivity contribution in [2.45, 2.75) is 0 Å². The van der Waals surface area contributed by atoms with Gasteiger partial charge < -0.3 is 9.13 Å². The first-order valence-corrected chi connectivity index (χ1v) is 20.8. The van der Waals surface area contributed by atoms with E-state index in [0.717, 1.165) is 5.69 Å². The largest absolute Gasteiger partial charge is 0.309 e. The lowest BCUT2D eigenvalue weighted by atomic mass is 9.93. The van der Waals surface area contributed by atoms with E-state index in [0.29, 0.717) is 0 Å². The van der Waals surface area contributed by atoms with Crippen molar-refractivity contribution in [1.82, 2.24) is 9.13 Å². The maximum Gasteiger partial charge on any atom is 0.0562 e. The molecule has 0 atom stereocenters. The highest BCUT2D eigenvalue weighted by atomic mass is 15.0. The summed E-state index contributed by atoms with van der Waals surface area (Å²) in [7, 11) is 0. The van der Waals surface area contributed by atoms with E-state index in [1.807, 2.05) is 0 Å². The molecular formula is C58H36N2. The van der Waals surface area contributed by atoms with E-state index in [2.05, 4.69) is 228 Å². The summed E-state index contributed by atoms with van der Waals surface area (Å²) in [6.45, 7) is 0. The van der Waals surface area contributed by atoms with Gasteiger partial charge in [0.15, 0.2) is 0 Å². The van der Waals surface area contributed by atoms with Crippen molar-refractivity contribution in [3.63, 3.8) is 0 Å². The molecule has 0 N–H and O–H groups in total. The molecule has 0 amide bonds. The summed E-state index contributed by atoms with van der Waals surface area (Å²) in [5, 5.41) is 15.0. The summed E-state index contributed by atoms with van der Waals surface area (Å²) < 4.78 is 5.01. The standard InChI is InChI=1S/C58H36N2/c1-2-13-37(14-3-1)45-32-34-54(57-46-20-8-5-16-39(46)27-31-49(45)57)60-53-33-28-40-17-6-9-21-47(40)58(53)51-35-50-48-22-10-11-24-52(48)59(55(50)36-56(51)60)42-29-25-41(26-30-42)44-23-12-18-38-15-4-7-19-43(38)44/h1-36H. The van der Waals surface area contributed by atoms with Gasteiger partial charge in [-0.15, -0.1) is 0 Å². The first kappa shape index (κ1) is 33.1. The quantitative estimate of drug-likeness (QED) is 0.158. The molecule has 13 aromatic rings. The first-order chi connectivity index (χ1) is 29.8. The second kappa shape index (κ2) is 12.8. The Bertz CT molecular complexity index is 3860. The predicted octanol–water partition coefficient (Wildman–Crippen LogP) is 15.8. The zero-order valence-electron chi connectivity index (χ0n) is 32.7. The highest BCUT2D eigenvalue weighted by Gasteiger charge is 2.22. The summed E-state index contributed by atoms with van der Waals surface area (Å²) >= 11 is 0. The molecule has 11 aromatic carbocycles. The van der Waals surface area contributed by atoms with Crippen LogP contribution in [-0.2, 0) is 0 Å². The summed E-state index contributed by atoms with van der Waals surface area (Å²) in [4.78, 5) is 0. The molecule has 2 heteroatoms. The van der Waals surface area contributed by atoms with Crippen molar-refractivity contribution in [3.05, 3.63) is 218 Å². The Labute approximate surface area is 346 Å². The number of rotatable bonds is 4. The van der Waals surface area contributed by atoms with Gasteiger partial charge in [-0.3, -0.25) is 0 Å². The number of hydrogen-bond donors (Lipinski definition) is 0. The molecule has 60 heavy (non-hydrogen) atoms. The van der Waals surface area contributed by atoms with Crippen molar-refractivity contribution in [2.24, 2.45) is 0 Å². The third-order valence-corrected chi connectivity index (χ3v) is 12.9. The number of nitrogens with zero attached hydrogens (tertiary/aromatic N) is 2. The van der Waals surface area contributed by atoms with Crippen LogP contribution >= 0.6 is 0 Å². The van der Waals surface area contributed by atoms with E-state index in [9.17, 15) is 0 Å². The molecule has 2 nitrogen and oxygen atoms in total. The van der Waals surface area contributed by atoms with Crippen LogP contribution in [0.25, 0.3) is 120 Å². The molecule has 13 rings (SSSR count). The van der Waals surface area contributed by atoms with Crippen LogP contribution in [0.15, 0.2) is 218 Å². The van der Waals surface area contributed by atoms with Crippen LogP contribution in [0.2, 0.25) is 0 Å². The second-order valence-corrected chi connectivity index (χ2v) is 16.0. The normalized spacial score (nSPS) is 12.0. The molecule has 0 aliphatic heterocycles. The van der Waals surface area contributed by atoms with Gasteiger partial charge in [-0.2, -0.15) is 0 Å². The monoisotopic (exact) mass is 760 g/mol. The molecule has 0 fully saturated rings. The molecule has 278 valence electrons. The third kappa shape index (κ3) is 4.76. The van der Waals surface area contributed by atoms with E-state index in [1.165, 1.54) is 115 Å². The Morgan fingerprint density at radius 3 is 1.62 bits per heavy atom. The molecule has 0 saturated carbocycles. The van der Waals surface area contributed by atoms with Gasteiger partial charge in [-0.1, -0.05) is 176 Å². The van der Waals surface area contributed by atoms with Crippen molar-refractivity contribution >= 4 is 86.7 Å². The number of aromatic nitrogens is 2. The number of para-hydroxylation sites is 1. The Morgan fingerprint density at radius 1 is 0.250 bits per heavy atom. The van der Waals surface area contributed by atoms with Crippen molar-refractivity contribution in [2.75, 3.05) is 0 Å². The Morgan fingerprint density at radius 2 is 0.833 bits per heavy atom. The van der Waals surface area contributed by atoms with Crippen LogP contribution in [0, 0.1) is 0 Å². The van der Waals surface area contributed by atoms with E-state index in [4.69, 9.17) is 0 Å². The minimum atomic E-state index is 1.14. The fourth-order valence-electron chi connectivity index (χ4n) is 10.2. The number of fused-ring (bicyclic) bond motifs is 12. The molecule has 0 unspecified atom stereocenters. The molecule has 0 aliphatic carbocycles. The van der Waals surface area contributed by atoms with Crippen LogP contribution in [0.3, 0.4) is 0 Å². The highest BCUT2D eigenvalue weighted by molar-refractivity contribution is 6.26. The zero-order chi connectivity index (χ0) is 39.3. The Kier molecular flexibility index (Phi) is 7.05. The van der Waals surface area contributed by atoms with Gasteiger partial charge in [0.2, 0.25) is 0 Å². The van der Waals surface area contributed by atoms with E-state index in [-0.39, 0.29) is 0 Å². The minimum Gasteiger partial charge on any atom is -0.309 e. The average Bonchev–Trinajstić information content (AvgIpc) is 3.82. The lowest BCUT2D eigenvalue weighted by molar-refractivity contribution is 1.17. The molecule has 2 aromatic heterocycles.